The van der Waals surface area contributed by atoms with Crippen LogP contribution in [0.3, 0.4) is 0 Å². The van der Waals surface area contributed by atoms with Crippen molar-refractivity contribution in [1.82, 2.24) is 15.3 Å². The summed E-state index contributed by atoms with van der Waals surface area (Å²) in [7, 11) is 0. The lowest BCUT2D eigenvalue weighted by atomic mass is 10.3. The molecule has 1 aromatic rings. The highest BCUT2D eigenvalue weighted by atomic mass is 15.2. The van der Waals surface area contributed by atoms with Gasteiger partial charge in [0.1, 0.15) is 0 Å². The molecule has 1 rings (SSSR count). The molecule has 4 nitrogen and oxygen atoms in total. The maximum absolute atomic E-state index is 4.35. The second kappa shape index (κ2) is 6.35. The van der Waals surface area contributed by atoms with E-state index >= 15 is 0 Å². The number of nitrogens with zero attached hydrogens (tertiary/aromatic N) is 3. The van der Waals surface area contributed by atoms with Gasteiger partial charge in [0.15, 0.2) is 0 Å². The normalized spacial score (nSPS) is 10.3. The quantitative estimate of drug-likeness (QED) is 0.768. The zero-order chi connectivity index (χ0) is 11.1. The van der Waals surface area contributed by atoms with Gasteiger partial charge < -0.3 is 10.2 Å². The van der Waals surface area contributed by atoms with E-state index in [0.29, 0.717) is 0 Å². The number of nitrogens with one attached hydrogen (secondary N) is 1. The second-order valence-corrected chi connectivity index (χ2v) is 3.34. The fraction of sp³-hybridized carbons (Fsp3) is 0.636. The first-order chi connectivity index (χ1) is 7.31. The van der Waals surface area contributed by atoms with Gasteiger partial charge in [0, 0.05) is 37.6 Å². The molecule has 0 bridgehead atoms. The number of hydrogen-bond donors (Lipinski definition) is 1. The van der Waals surface area contributed by atoms with Crippen LogP contribution in [0.5, 0.6) is 0 Å². The zero-order valence-electron chi connectivity index (χ0n) is 9.82. The largest absolute Gasteiger partial charge is 0.341 e. The molecule has 0 aromatic carbocycles. The molecule has 1 N–H and O–H groups in total. The Morgan fingerprint density at radius 3 is 2.20 bits per heavy atom. The molecule has 0 amide bonds. The van der Waals surface area contributed by atoms with E-state index in [4.69, 9.17) is 0 Å². The molecule has 1 aromatic heterocycles. The predicted molar refractivity (Wildman–Crippen MR) is 63.0 cm³/mol. The third kappa shape index (κ3) is 3.47. The molecule has 0 atom stereocenters. The summed E-state index contributed by atoms with van der Waals surface area (Å²) in [6.45, 7) is 10.0. The van der Waals surface area contributed by atoms with Crippen molar-refractivity contribution in [2.45, 2.75) is 27.3 Å². The highest BCUT2D eigenvalue weighted by Gasteiger charge is 2.03. The van der Waals surface area contributed by atoms with Gasteiger partial charge in [-0.05, 0) is 20.4 Å². The molecule has 15 heavy (non-hydrogen) atoms. The van der Waals surface area contributed by atoms with Gasteiger partial charge in [-0.15, -0.1) is 0 Å². The van der Waals surface area contributed by atoms with Gasteiger partial charge in [-0.3, -0.25) is 0 Å². The van der Waals surface area contributed by atoms with E-state index in [1.807, 2.05) is 12.4 Å². The van der Waals surface area contributed by atoms with Crippen LogP contribution in [0.25, 0.3) is 0 Å². The average Bonchev–Trinajstić information content (AvgIpc) is 2.29. The molecule has 0 aliphatic carbocycles. The summed E-state index contributed by atoms with van der Waals surface area (Å²) in [5, 5.41) is 3.25. The Balaban J connectivity index is 2.62. The highest BCUT2D eigenvalue weighted by Crippen LogP contribution is 2.05. The molecule has 84 valence electrons. The van der Waals surface area contributed by atoms with Crippen molar-refractivity contribution in [2.75, 3.05) is 24.5 Å². The molecular formula is C11H20N4. The van der Waals surface area contributed by atoms with Crippen molar-refractivity contribution >= 4 is 5.95 Å². The van der Waals surface area contributed by atoms with Crippen LogP contribution in [0, 0.1) is 0 Å². The standard InChI is InChI=1S/C11H20N4/c1-4-12-7-10-8-13-11(14-9-10)15(5-2)6-3/h8-9,12H,4-7H2,1-3H3. The van der Waals surface area contributed by atoms with Gasteiger partial charge in [-0.25, -0.2) is 9.97 Å². The molecule has 0 unspecified atom stereocenters. The third-order valence-corrected chi connectivity index (χ3v) is 2.32. The van der Waals surface area contributed by atoms with Gasteiger partial charge in [-0.1, -0.05) is 6.92 Å². The third-order valence-electron chi connectivity index (χ3n) is 2.32. The predicted octanol–water partition coefficient (Wildman–Crippen LogP) is 1.43. The van der Waals surface area contributed by atoms with Crippen molar-refractivity contribution in [3.05, 3.63) is 18.0 Å². The van der Waals surface area contributed by atoms with E-state index in [0.717, 1.165) is 37.7 Å². The topological polar surface area (TPSA) is 41.1 Å². The Labute approximate surface area is 91.7 Å². The van der Waals surface area contributed by atoms with Gasteiger partial charge in [-0.2, -0.15) is 0 Å². The molecule has 0 saturated carbocycles. The van der Waals surface area contributed by atoms with Gasteiger partial charge in [0.2, 0.25) is 5.95 Å². The summed E-state index contributed by atoms with van der Waals surface area (Å²) >= 11 is 0. The smallest absolute Gasteiger partial charge is 0.225 e. The molecule has 0 saturated heterocycles. The average molecular weight is 208 g/mol. The maximum atomic E-state index is 4.35. The monoisotopic (exact) mass is 208 g/mol. The minimum absolute atomic E-state index is 0.820. The Morgan fingerprint density at radius 1 is 1.13 bits per heavy atom. The first kappa shape index (κ1) is 11.9. The van der Waals surface area contributed by atoms with Crippen LogP contribution in [0.1, 0.15) is 26.3 Å². The van der Waals surface area contributed by atoms with Crippen LogP contribution in [0.15, 0.2) is 12.4 Å². The Hall–Kier alpha value is -1.16. The number of hydrogen-bond acceptors (Lipinski definition) is 4. The van der Waals surface area contributed by atoms with E-state index in [9.17, 15) is 0 Å². The lowest BCUT2D eigenvalue weighted by Crippen LogP contribution is -2.24. The van der Waals surface area contributed by atoms with Crippen LogP contribution in [-0.2, 0) is 6.54 Å². The first-order valence-corrected chi connectivity index (χ1v) is 5.58. The summed E-state index contributed by atoms with van der Waals surface area (Å²) < 4.78 is 0. The number of aromatic nitrogens is 2. The first-order valence-electron chi connectivity index (χ1n) is 5.58. The molecule has 0 radical (unpaired) electrons. The van der Waals surface area contributed by atoms with Gasteiger partial charge in [0.25, 0.3) is 0 Å². The summed E-state index contributed by atoms with van der Waals surface area (Å²) in [6.07, 6.45) is 3.78. The minimum Gasteiger partial charge on any atom is -0.341 e. The highest BCUT2D eigenvalue weighted by molar-refractivity contribution is 5.29. The van der Waals surface area contributed by atoms with Gasteiger partial charge >= 0.3 is 0 Å². The molecule has 0 spiro atoms. The lowest BCUT2D eigenvalue weighted by molar-refractivity contribution is 0.718. The molecule has 1 heterocycles. The van der Waals surface area contributed by atoms with E-state index in [-0.39, 0.29) is 0 Å². The number of rotatable bonds is 6. The van der Waals surface area contributed by atoms with E-state index < -0.39 is 0 Å². The lowest BCUT2D eigenvalue weighted by Gasteiger charge is -2.18. The molecule has 0 aliphatic rings. The van der Waals surface area contributed by atoms with Crippen LogP contribution >= 0.6 is 0 Å². The second-order valence-electron chi connectivity index (χ2n) is 3.34. The van der Waals surface area contributed by atoms with Crippen LogP contribution < -0.4 is 10.2 Å². The van der Waals surface area contributed by atoms with Crippen molar-refractivity contribution in [3.8, 4) is 0 Å². The SMILES string of the molecule is CCNCc1cnc(N(CC)CC)nc1. The van der Waals surface area contributed by atoms with Crippen molar-refractivity contribution in [1.29, 1.82) is 0 Å². The molecule has 4 heteroatoms. The van der Waals surface area contributed by atoms with Crippen LogP contribution in [-0.4, -0.2) is 29.6 Å². The zero-order valence-corrected chi connectivity index (χ0v) is 9.82. The Morgan fingerprint density at radius 2 is 1.73 bits per heavy atom. The summed E-state index contributed by atoms with van der Waals surface area (Å²) in [4.78, 5) is 10.8. The maximum Gasteiger partial charge on any atom is 0.225 e. The van der Waals surface area contributed by atoms with Crippen LogP contribution in [0.4, 0.5) is 5.95 Å². The van der Waals surface area contributed by atoms with Crippen molar-refractivity contribution < 1.29 is 0 Å². The van der Waals surface area contributed by atoms with E-state index in [1.165, 1.54) is 0 Å². The van der Waals surface area contributed by atoms with Crippen molar-refractivity contribution in [3.63, 3.8) is 0 Å². The fourth-order valence-corrected chi connectivity index (χ4v) is 1.38. The van der Waals surface area contributed by atoms with E-state index in [2.05, 4.69) is 41.0 Å². The van der Waals surface area contributed by atoms with Gasteiger partial charge in [0.05, 0.1) is 0 Å². The summed E-state index contributed by atoms with van der Waals surface area (Å²) in [5.41, 5.74) is 1.13. The summed E-state index contributed by atoms with van der Waals surface area (Å²) in [6, 6.07) is 0. The van der Waals surface area contributed by atoms with Crippen molar-refractivity contribution in [2.24, 2.45) is 0 Å². The summed E-state index contributed by atoms with van der Waals surface area (Å²) in [5.74, 6) is 0.820. The van der Waals surface area contributed by atoms with Crippen LogP contribution in [0.2, 0.25) is 0 Å². The molecule has 0 aliphatic heterocycles. The Bertz CT molecular complexity index is 266. The minimum atomic E-state index is 0.820. The molecular weight excluding hydrogens is 188 g/mol. The fourth-order valence-electron chi connectivity index (χ4n) is 1.38. The van der Waals surface area contributed by atoms with E-state index in [1.54, 1.807) is 0 Å². The Kier molecular flexibility index (Phi) is 5.04. The molecule has 0 fully saturated rings. The number of anilines is 1.